The summed E-state index contributed by atoms with van der Waals surface area (Å²) in [4.78, 5) is 2.11. The van der Waals surface area contributed by atoms with E-state index in [0.717, 1.165) is 30.7 Å². The molecular formula is C20H26N2O5S2. The summed E-state index contributed by atoms with van der Waals surface area (Å²) in [5, 5.41) is 0. The first-order valence-electron chi connectivity index (χ1n) is 9.32. The third-order valence-electron chi connectivity index (χ3n) is 5.04. The molecule has 1 atom stereocenters. The summed E-state index contributed by atoms with van der Waals surface area (Å²) in [5.41, 5.74) is 1.48. The number of aryl methyl sites for hydroxylation is 1. The van der Waals surface area contributed by atoms with E-state index in [-0.39, 0.29) is 15.8 Å². The molecule has 0 unspecified atom stereocenters. The fraction of sp³-hybridized carbons (Fsp3) is 0.400. The largest absolute Gasteiger partial charge is 0.497 e. The van der Waals surface area contributed by atoms with E-state index < -0.39 is 19.9 Å². The van der Waals surface area contributed by atoms with Gasteiger partial charge < -0.3 is 9.64 Å². The quantitative estimate of drug-likeness (QED) is 0.744. The number of nitrogens with one attached hydrogen (secondary N) is 1. The molecule has 1 saturated heterocycles. The Hall–Kier alpha value is -2.10. The predicted molar refractivity (Wildman–Crippen MR) is 113 cm³/mol. The van der Waals surface area contributed by atoms with Gasteiger partial charge in [0.1, 0.15) is 5.75 Å². The molecule has 1 heterocycles. The Morgan fingerprint density at radius 2 is 1.86 bits per heavy atom. The molecule has 0 radical (unpaired) electrons. The molecular weight excluding hydrogens is 412 g/mol. The van der Waals surface area contributed by atoms with E-state index in [1.165, 1.54) is 18.2 Å². The maximum Gasteiger partial charge on any atom is 0.241 e. The number of sulfone groups is 1. The molecule has 2 aromatic carbocycles. The van der Waals surface area contributed by atoms with E-state index >= 15 is 0 Å². The summed E-state index contributed by atoms with van der Waals surface area (Å²) < 4.78 is 57.7. The second-order valence-electron chi connectivity index (χ2n) is 7.31. The molecule has 29 heavy (non-hydrogen) atoms. The Balaban J connectivity index is 1.81. The number of sulfonamides is 1. The smallest absolute Gasteiger partial charge is 0.241 e. The van der Waals surface area contributed by atoms with Crippen LogP contribution in [0.4, 0.5) is 5.69 Å². The third kappa shape index (κ3) is 5.09. The van der Waals surface area contributed by atoms with Crippen molar-refractivity contribution in [3.63, 3.8) is 0 Å². The fourth-order valence-electron chi connectivity index (χ4n) is 3.50. The zero-order valence-corrected chi connectivity index (χ0v) is 18.4. The van der Waals surface area contributed by atoms with Gasteiger partial charge in [-0.05, 0) is 49.6 Å². The molecule has 0 amide bonds. The van der Waals surface area contributed by atoms with Gasteiger partial charge in [0, 0.05) is 37.1 Å². The lowest BCUT2D eigenvalue weighted by Gasteiger charge is -2.34. The van der Waals surface area contributed by atoms with E-state index in [9.17, 15) is 16.8 Å². The number of nitrogens with zero attached hydrogens (tertiary/aromatic N) is 1. The molecule has 3 rings (SSSR count). The highest BCUT2D eigenvalue weighted by Gasteiger charge is 2.27. The Morgan fingerprint density at radius 3 is 2.55 bits per heavy atom. The van der Waals surface area contributed by atoms with Gasteiger partial charge in [0.2, 0.25) is 10.0 Å². The van der Waals surface area contributed by atoms with Crippen molar-refractivity contribution in [2.24, 2.45) is 0 Å². The first-order valence-corrected chi connectivity index (χ1v) is 12.7. The van der Waals surface area contributed by atoms with E-state index in [4.69, 9.17) is 4.74 Å². The molecule has 0 aromatic heterocycles. The first kappa shape index (κ1) is 21.6. The Morgan fingerprint density at radius 1 is 1.10 bits per heavy atom. The minimum absolute atomic E-state index is 0.000992. The molecule has 0 saturated carbocycles. The number of benzene rings is 2. The summed E-state index contributed by atoms with van der Waals surface area (Å²) in [6.45, 7) is 3.01. The number of piperidine rings is 1. The van der Waals surface area contributed by atoms with Crippen molar-refractivity contribution in [3.05, 3.63) is 48.0 Å². The van der Waals surface area contributed by atoms with Gasteiger partial charge in [-0.2, -0.15) is 0 Å². The molecule has 9 heteroatoms. The number of methoxy groups -OCH3 is 1. The lowest BCUT2D eigenvalue weighted by Crippen LogP contribution is -2.47. The SMILES string of the molecule is COc1cccc(N2CCC[C@@H](NS(=O)(=O)c3cc(S(C)(=O)=O)ccc3C)C2)c1. The average molecular weight is 439 g/mol. The van der Waals surface area contributed by atoms with E-state index in [1.54, 1.807) is 14.0 Å². The second-order valence-corrected chi connectivity index (χ2v) is 11.0. The number of hydrogen-bond donors (Lipinski definition) is 1. The summed E-state index contributed by atoms with van der Waals surface area (Å²) in [5.74, 6) is 0.749. The summed E-state index contributed by atoms with van der Waals surface area (Å²) in [7, 11) is -5.75. The number of hydrogen-bond acceptors (Lipinski definition) is 6. The summed E-state index contributed by atoms with van der Waals surface area (Å²) in [6.07, 6.45) is 2.62. The molecule has 0 spiro atoms. The number of ether oxygens (including phenoxy) is 1. The van der Waals surface area contributed by atoms with Crippen molar-refractivity contribution >= 4 is 25.5 Å². The predicted octanol–water partition coefficient (Wildman–Crippen LogP) is 2.35. The number of anilines is 1. The molecule has 0 bridgehead atoms. The van der Waals surface area contributed by atoms with Crippen LogP contribution < -0.4 is 14.4 Å². The summed E-state index contributed by atoms with van der Waals surface area (Å²) in [6, 6.07) is 11.6. The van der Waals surface area contributed by atoms with Gasteiger partial charge >= 0.3 is 0 Å². The molecule has 1 N–H and O–H groups in total. The molecule has 1 aliphatic rings. The molecule has 158 valence electrons. The Kier molecular flexibility index (Phi) is 6.21. The molecule has 7 nitrogen and oxygen atoms in total. The zero-order valence-electron chi connectivity index (χ0n) is 16.8. The van der Waals surface area contributed by atoms with Crippen LogP contribution >= 0.6 is 0 Å². The van der Waals surface area contributed by atoms with E-state index in [2.05, 4.69) is 9.62 Å². The highest BCUT2D eigenvalue weighted by molar-refractivity contribution is 7.91. The maximum atomic E-state index is 13.0. The van der Waals surface area contributed by atoms with Crippen LogP contribution in [0.1, 0.15) is 18.4 Å². The van der Waals surface area contributed by atoms with Gasteiger partial charge in [0.05, 0.1) is 16.9 Å². The minimum Gasteiger partial charge on any atom is -0.497 e. The van der Waals surface area contributed by atoms with Gasteiger partial charge in [0.15, 0.2) is 9.84 Å². The van der Waals surface area contributed by atoms with E-state index in [1.807, 2.05) is 24.3 Å². The van der Waals surface area contributed by atoms with Crippen LogP contribution in [0.3, 0.4) is 0 Å². The van der Waals surface area contributed by atoms with Crippen LogP contribution in [-0.2, 0) is 19.9 Å². The van der Waals surface area contributed by atoms with Crippen molar-refractivity contribution in [3.8, 4) is 5.75 Å². The normalized spacial score (nSPS) is 17.9. The van der Waals surface area contributed by atoms with Crippen molar-refractivity contribution in [1.29, 1.82) is 0 Å². The van der Waals surface area contributed by atoms with Gasteiger partial charge in [0.25, 0.3) is 0 Å². The van der Waals surface area contributed by atoms with Crippen molar-refractivity contribution < 1.29 is 21.6 Å². The van der Waals surface area contributed by atoms with Gasteiger partial charge in [-0.15, -0.1) is 0 Å². The monoisotopic (exact) mass is 438 g/mol. The summed E-state index contributed by atoms with van der Waals surface area (Å²) >= 11 is 0. The zero-order chi connectivity index (χ0) is 21.2. The first-order chi connectivity index (χ1) is 13.6. The molecule has 1 aliphatic heterocycles. The lowest BCUT2D eigenvalue weighted by atomic mass is 10.1. The van der Waals surface area contributed by atoms with Gasteiger partial charge in [-0.1, -0.05) is 12.1 Å². The highest BCUT2D eigenvalue weighted by Crippen LogP contribution is 2.26. The van der Waals surface area contributed by atoms with Crippen LogP contribution in [-0.4, -0.2) is 49.3 Å². The number of rotatable bonds is 6. The maximum absolute atomic E-state index is 13.0. The topological polar surface area (TPSA) is 92.8 Å². The van der Waals surface area contributed by atoms with Crippen LogP contribution in [0.5, 0.6) is 5.75 Å². The third-order valence-corrected chi connectivity index (χ3v) is 7.81. The molecule has 0 aliphatic carbocycles. The molecule has 1 fully saturated rings. The average Bonchev–Trinajstić information content (AvgIpc) is 2.67. The van der Waals surface area contributed by atoms with Crippen LogP contribution in [0.25, 0.3) is 0 Å². The van der Waals surface area contributed by atoms with Crippen molar-refractivity contribution in [2.45, 2.75) is 35.6 Å². The van der Waals surface area contributed by atoms with Crippen LogP contribution in [0.15, 0.2) is 52.3 Å². The van der Waals surface area contributed by atoms with Gasteiger partial charge in [-0.3, -0.25) is 0 Å². The Labute approximate surface area is 172 Å². The minimum atomic E-state index is -3.86. The van der Waals surface area contributed by atoms with E-state index in [0.29, 0.717) is 18.5 Å². The second kappa shape index (κ2) is 8.33. The lowest BCUT2D eigenvalue weighted by molar-refractivity contribution is 0.414. The van der Waals surface area contributed by atoms with Crippen LogP contribution in [0, 0.1) is 6.92 Å². The van der Waals surface area contributed by atoms with Crippen molar-refractivity contribution in [2.75, 3.05) is 31.4 Å². The highest BCUT2D eigenvalue weighted by atomic mass is 32.2. The van der Waals surface area contributed by atoms with Gasteiger partial charge in [-0.25, -0.2) is 21.6 Å². The Bertz CT molecular complexity index is 1100. The standard InChI is InChI=1S/C20H26N2O5S2/c1-15-9-10-19(28(3,23)24)13-20(15)29(25,26)21-16-6-5-11-22(14-16)17-7-4-8-18(12-17)27-2/h4,7-10,12-13,16,21H,5-6,11,14H2,1-3H3/t16-/m1/s1. The van der Waals surface area contributed by atoms with Crippen molar-refractivity contribution in [1.82, 2.24) is 4.72 Å². The fourth-order valence-corrected chi connectivity index (χ4v) is 5.75. The molecule has 2 aromatic rings. The van der Waals surface area contributed by atoms with Crippen LogP contribution in [0.2, 0.25) is 0 Å².